The summed E-state index contributed by atoms with van der Waals surface area (Å²) in [4.78, 5) is 20.7. The zero-order chi connectivity index (χ0) is 19.5. The Morgan fingerprint density at radius 1 is 0.964 bits per heavy atom. The first kappa shape index (κ1) is 17.9. The van der Waals surface area contributed by atoms with Crippen LogP contribution in [0.1, 0.15) is 6.92 Å². The van der Waals surface area contributed by atoms with Crippen LogP contribution in [0.3, 0.4) is 0 Å². The Hall–Kier alpha value is -3.44. The third-order valence-corrected chi connectivity index (χ3v) is 4.34. The zero-order valence-electron chi connectivity index (χ0n) is 15.0. The number of benzene rings is 2. The molecule has 2 aromatic heterocycles. The van der Waals surface area contributed by atoms with Crippen molar-refractivity contribution < 1.29 is 9.21 Å². The second-order valence-electron chi connectivity index (χ2n) is 6.15. The lowest BCUT2D eigenvalue weighted by atomic mass is 10.0. The van der Waals surface area contributed by atoms with E-state index in [1.165, 1.54) is 6.92 Å². The van der Waals surface area contributed by atoms with Crippen molar-refractivity contribution in [3.8, 4) is 34.0 Å². The second kappa shape index (κ2) is 7.66. The summed E-state index contributed by atoms with van der Waals surface area (Å²) in [5, 5.41) is 3.34. The molecule has 4 rings (SSSR count). The smallest absolute Gasteiger partial charge is 0.248 e. The summed E-state index contributed by atoms with van der Waals surface area (Å²) in [5.74, 6) is 0.366. The van der Waals surface area contributed by atoms with Gasteiger partial charge in [-0.25, -0.2) is 4.98 Å². The number of oxazole rings is 1. The quantitative estimate of drug-likeness (QED) is 0.487. The Bertz CT molecular complexity index is 1140. The molecule has 0 unspecified atom stereocenters. The Kier molecular flexibility index (Phi) is 4.91. The zero-order valence-corrected chi connectivity index (χ0v) is 15.8. The summed E-state index contributed by atoms with van der Waals surface area (Å²) in [6.45, 7) is 1.43. The molecule has 0 saturated carbocycles. The van der Waals surface area contributed by atoms with Gasteiger partial charge in [-0.05, 0) is 23.8 Å². The minimum atomic E-state index is -0.240. The van der Waals surface area contributed by atoms with Crippen LogP contribution in [-0.2, 0) is 4.79 Å². The predicted molar refractivity (Wildman–Crippen MR) is 110 cm³/mol. The number of nitrogens with zero attached hydrogens (tertiary/aromatic N) is 2. The number of pyridine rings is 1. The van der Waals surface area contributed by atoms with Gasteiger partial charge in [0.05, 0.1) is 0 Å². The second-order valence-corrected chi connectivity index (χ2v) is 6.59. The Balaban J connectivity index is 1.87. The maximum Gasteiger partial charge on any atom is 0.248 e. The lowest BCUT2D eigenvalue weighted by molar-refractivity contribution is -0.114. The predicted octanol–water partition coefficient (Wildman–Crippen LogP) is 5.68. The van der Waals surface area contributed by atoms with Crippen molar-refractivity contribution in [1.82, 2.24) is 9.97 Å². The lowest BCUT2D eigenvalue weighted by Gasteiger charge is -2.06. The molecule has 2 aromatic carbocycles. The van der Waals surface area contributed by atoms with Crippen LogP contribution in [-0.4, -0.2) is 15.9 Å². The highest BCUT2D eigenvalue weighted by atomic mass is 35.5. The molecule has 6 heteroatoms. The summed E-state index contributed by atoms with van der Waals surface area (Å²) >= 11 is 6.15. The van der Waals surface area contributed by atoms with Crippen molar-refractivity contribution >= 4 is 23.4 Å². The van der Waals surface area contributed by atoms with Gasteiger partial charge in [-0.3, -0.25) is 15.1 Å². The van der Waals surface area contributed by atoms with Crippen molar-refractivity contribution in [3.63, 3.8) is 0 Å². The molecule has 0 aliphatic carbocycles. The molecule has 0 bridgehead atoms. The molecule has 2 heterocycles. The molecule has 4 aromatic rings. The van der Waals surface area contributed by atoms with E-state index in [1.807, 2.05) is 66.7 Å². The van der Waals surface area contributed by atoms with Gasteiger partial charge in [0.1, 0.15) is 11.4 Å². The van der Waals surface area contributed by atoms with Gasteiger partial charge in [0.2, 0.25) is 17.7 Å². The van der Waals surface area contributed by atoms with Crippen molar-refractivity contribution in [2.24, 2.45) is 0 Å². The van der Waals surface area contributed by atoms with E-state index in [2.05, 4.69) is 15.3 Å². The number of rotatable bonds is 4. The number of anilines is 1. The number of amides is 1. The summed E-state index contributed by atoms with van der Waals surface area (Å²) in [5.41, 5.74) is 3.69. The van der Waals surface area contributed by atoms with Gasteiger partial charge in [0.25, 0.3) is 0 Å². The standard InChI is InChI=1S/C22H16ClN3O2/c1-14(27)25-21-19(15-7-3-2-4-8-15)26-22(28-21)20-18(11-6-12-24-20)16-9-5-10-17(23)13-16/h2-13H,1H3,(H,25,27). The normalized spacial score (nSPS) is 10.6. The van der Waals surface area contributed by atoms with E-state index in [9.17, 15) is 4.79 Å². The van der Waals surface area contributed by atoms with Gasteiger partial charge in [-0.1, -0.05) is 60.1 Å². The van der Waals surface area contributed by atoms with E-state index in [1.54, 1.807) is 6.20 Å². The van der Waals surface area contributed by atoms with E-state index in [0.29, 0.717) is 22.3 Å². The van der Waals surface area contributed by atoms with Crippen LogP contribution in [0.25, 0.3) is 34.0 Å². The van der Waals surface area contributed by atoms with Crippen LogP contribution in [0.2, 0.25) is 5.02 Å². The van der Waals surface area contributed by atoms with E-state index in [-0.39, 0.29) is 11.8 Å². The number of aromatic nitrogens is 2. The Morgan fingerprint density at radius 2 is 1.75 bits per heavy atom. The van der Waals surface area contributed by atoms with E-state index in [4.69, 9.17) is 16.0 Å². The van der Waals surface area contributed by atoms with Gasteiger partial charge in [-0.2, -0.15) is 0 Å². The Labute approximate surface area is 167 Å². The van der Waals surface area contributed by atoms with Crippen molar-refractivity contribution in [2.45, 2.75) is 6.92 Å². The molecule has 0 fully saturated rings. The molecule has 0 aliphatic rings. The third-order valence-electron chi connectivity index (χ3n) is 4.11. The SMILES string of the molecule is CC(=O)Nc1oc(-c2ncccc2-c2cccc(Cl)c2)nc1-c1ccccc1. The fourth-order valence-corrected chi connectivity index (χ4v) is 3.11. The molecule has 28 heavy (non-hydrogen) atoms. The highest BCUT2D eigenvalue weighted by Crippen LogP contribution is 2.36. The van der Waals surface area contributed by atoms with Gasteiger partial charge in [0, 0.05) is 29.3 Å². The number of carbonyl (C=O) groups excluding carboxylic acids is 1. The maximum absolute atomic E-state index is 11.6. The van der Waals surface area contributed by atoms with E-state index >= 15 is 0 Å². The van der Waals surface area contributed by atoms with Crippen LogP contribution in [0.5, 0.6) is 0 Å². The summed E-state index contributed by atoms with van der Waals surface area (Å²) in [6, 6.07) is 20.8. The van der Waals surface area contributed by atoms with Crippen LogP contribution in [0, 0.1) is 0 Å². The maximum atomic E-state index is 11.6. The largest absolute Gasteiger partial charge is 0.418 e. The molecule has 0 spiro atoms. The van der Waals surface area contributed by atoms with E-state index < -0.39 is 0 Å². The summed E-state index contributed by atoms with van der Waals surface area (Å²) in [6.07, 6.45) is 1.67. The number of hydrogen-bond donors (Lipinski definition) is 1. The third kappa shape index (κ3) is 3.66. The van der Waals surface area contributed by atoms with Crippen molar-refractivity contribution in [2.75, 3.05) is 5.32 Å². The molecular formula is C22H16ClN3O2. The first-order chi connectivity index (χ1) is 13.6. The first-order valence-corrected chi connectivity index (χ1v) is 9.05. The molecule has 1 N–H and O–H groups in total. The Morgan fingerprint density at radius 3 is 2.50 bits per heavy atom. The molecule has 1 amide bonds. The molecule has 5 nitrogen and oxygen atoms in total. The fourth-order valence-electron chi connectivity index (χ4n) is 2.92. The minimum Gasteiger partial charge on any atom is -0.418 e. The highest BCUT2D eigenvalue weighted by Gasteiger charge is 2.20. The number of halogens is 1. The van der Waals surface area contributed by atoms with Crippen LogP contribution < -0.4 is 5.32 Å². The topological polar surface area (TPSA) is 68.0 Å². The van der Waals surface area contributed by atoms with Gasteiger partial charge in [0.15, 0.2) is 0 Å². The molecule has 0 atom stereocenters. The van der Waals surface area contributed by atoms with Crippen LogP contribution in [0.4, 0.5) is 5.88 Å². The monoisotopic (exact) mass is 389 g/mol. The fraction of sp³-hybridized carbons (Fsp3) is 0.0455. The van der Waals surface area contributed by atoms with Crippen LogP contribution >= 0.6 is 11.6 Å². The average Bonchev–Trinajstić information content (AvgIpc) is 3.11. The number of carbonyl (C=O) groups is 1. The number of hydrogen-bond acceptors (Lipinski definition) is 4. The van der Waals surface area contributed by atoms with Gasteiger partial charge >= 0.3 is 0 Å². The van der Waals surface area contributed by atoms with Gasteiger partial charge < -0.3 is 4.42 Å². The molecular weight excluding hydrogens is 374 g/mol. The summed E-state index contributed by atoms with van der Waals surface area (Å²) in [7, 11) is 0. The molecule has 0 radical (unpaired) electrons. The molecule has 0 aliphatic heterocycles. The van der Waals surface area contributed by atoms with Crippen molar-refractivity contribution in [3.05, 3.63) is 77.9 Å². The summed E-state index contributed by atoms with van der Waals surface area (Å²) < 4.78 is 5.92. The van der Waals surface area contributed by atoms with E-state index in [0.717, 1.165) is 16.7 Å². The average molecular weight is 390 g/mol. The highest BCUT2D eigenvalue weighted by molar-refractivity contribution is 6.30. The minimum absolute atomic E-state index is 0.240. The molecule has 0 saturated heterocycles. The van der Waals surface area contributed by atoms with Gasteiger partial charge in [-0.15, -0.1) is 0 Å². The molecule has 138 valence electrons. The first-order valence-electron chi connectivity index (χ1n) is 8.67. The lowest BCUT2D eigenvalue weighted by Crippen LogP contribution is -2.05. The van der Waals surface area contributed by atoms with Crippen molar-refractivity contribution in [1.29, 1.82) is 0 Å². The van der Waals surface area contributed by atoms with Crippen LogP contribution in [0.15, 0.2) is 77.3 Å². The number of nitrogens with one attached hydrogen (secondary N) is 1.